The second-order valence-electron chi connectivity index (χ2n) is 7.38. The molecule has 5 heteroatoms. The summed E-state index contributed by atoms with van der Waals surface area (Å²) in [5, 5.41) is 9.34. The predicted octanol–water partition coefficient (Wildman–Crippen LogP) is 2.71. The molecule has 1 unspecified atom stereocenters. The van der Waals surface area contributed by atoms with Crippen molar-refractivity contribution in [3.05, 3.63) is 29.6 Å². The third-order valence-electron chi connectivity index (χ3n) is 4.35. The molecule has 1 saturated heterocycles. The molecule has 2 rings (SSSR count). The fourth-order valence-corrected chi connectivity index (χ4v) is 2.71. The first kappa shape index (κ1) is 16.5. The summed E-state index contributed by atoms with van der Waals surface area (Å²) in [6.07, 6.45) is 3.03. The number of aliphatic carboxylic acids is 1. The van der Waals surface area contributed by atoms with Crippen molar-refractivity contribution < 1.29 is 14.7 Å². The van der Waals surface area contributed by atoms with Gasteiger partial charge in [0, 0.05) is 19.3 Å². The van der Waals surface area contributed by atoms with Gasteiger partial charge in [0.15, 0.2) is 0 Å². The molecule has 22 heavy (non-hydrogen) atoms. The van der Waals surface area contributed by atoms with Gasteiger partial charge >= 0.3 is 5.97 Å². The van der Waals surface area contributed by atoms with E-state index in [9.17, 15) is 14.7 Å². The van der Waals surface area contributed by atoms with Crippen LogP contribution in [0.2, 0.25) is 0 Å². The minimum absolute atomic E-state index is 0.0123. The molecule has 0 spiro atoms. The van der Waals surface area contributed by atoms with Crippen LogP contribution in [0, 0.1) is 5.41 Å². The Bertz CT molecular complexity index is 575. The van der Waals surface area contributed by atoms with E-state index in [0.29, 0.717) is 25.1 Å². The highest BCUT2D eigenvalue weighted by Gasteiger charge is 2.39. The van der Waals surface area contributed by atoms with Gasteiger partial charge < -0.3 is 10.0 Å². The summed E-state index contributed by atoms with van der Waals surface area (Å²) in [6, 6.07) is 3.65. The lowest BCUT2D eigenvalue weighted by atomic mass is 9.82. The minimum atomic E-state index is -0.862. The first-order chi connectivity index (χ1) is 10.1. The Kier molecular flexibility index (Phi) is 4.27. The zero-order valence-electron chi connectivity index (χ0n) is 13.7. The molecule has 1 N–H and O–H groups in total. The van der Waals surface area contributed by atoms with Crippen LogP contribution in [-0.4, -0.2) is 40.0 Å². The number of carbonyl (C=O) groups is 2. The Labute approximate surface area is 131 Å². The second-order valence-corrected chi connectivity index (χ2v) is 7.38. The molecular weight excluding hydrogens is 280 g/mol. The smallest absolute Gasteiger partial charge is 0.311 e. The maximum atomic E-state index is 12.5. The molecule has 0 bridgehead atoms. The Hall–Kier alpha value is -1.91. The number of nitrogens with zero attached hydrogens (tertiary/aromatic N) is 2. The molecule has 5 nitrogen and oxygen atoms in total. The van der Waals surface area contributed by atoms with Crippen molar-refractivity contribution in [3.8, 4) is 0 Å². The topological polar surface area (TPSA) is 70.5 Å². The molecule has 1 aliphatic heterocycles. The summed E-state index contributed by atoms with van der Waals surface area (Å²) in [5.74, 6) is -1.03. The number of amides is 1. The van der Waals surface area contributed by atoms with Crippen LogP contribution in [0.4, 0.5) is 0 Å². The molecular formula is C17H24N2O3. The molecule has 0 aromatic carbocycles. The maximum Gasteiger partial charge on any atom is 0.311 e. The van der Waals surface area contributed by atoms with E-state index < -0.39 is 11.4 Å². The van der Waals surface area contributed by atoms with Crippen molar-refractivity contribution in [2.75, 3.05) is 13.1 Å². The molecule has 2 heterocycles. The Morgan fingerprint density at radius 1 is 1.32 bits per heavy atom. The number of pyridine rings is 1. The zero-order chi connectivity index (χ0) is 16.5. The van der Waals surface area contributed by atoms with E-state index in [0.717, 1.165) is 5.56 Å². The van der Waals surface area contributed by atoms with E-state index in [1.807, 2.05) is 6.07 Å². The van der Waals surface area contributed by atoms with Crippen molar-refractivity contribution in [3.63, 3.8) is 0 Å². The average molecular weight is 304 g/mol. The van der Waals surface area contributed by atoms with Crippen molar-refractivity contribution in [1.29, 1.82) is 0 Å². The normalized spacial score (nSPS) is 22.5. The number of hydrogen-bond donors (Lipinski definition) is 1. The zero-order valence-corrected chi connectivity index (χ0v) is 13.7. The van der Waals surface area contributed by atoms with Gasteiger partial charge in [-0.3, -0.25) is 14.6 Å². The van der Waals surface area contributed by atoms with Crippen LogP contribution in [0.1, 0.15) is 56.6 Å². The minimum Gasteiger partial charge on any atom is -0.481 e. The highest BCUT2D eigenvalue weighted by Crippen LogP contribution is 2.30. The quantitative estimate of drug-likeness (QED) is 0.912. The summed E-state index contributed by atoms with van der Waals surface area (Å²) >= 11 is 0. The number of likely N-dealkylation sites (tertiary alicyclic amines) is 1. The molecule has 0 radical (unpaired) electrons. The number of piperidine rings is 1. The van der Waals surface area contributed by atoms with Gasteiger partial charge in [0.05, 0.1) is 5.41 Å². The number of hydrogen-bond acceptors (Lipinski definition) is 3. The molecule has 1 atom stereocenters. The van der Waals surface area contributed by atoms with Crippen LogP contribution in [0.3, 0.4) is 0 Å². The van der Waals surface area contributed by atoms with Gasteiger partial charge in [-0.2, -0.15) is 0 Å². The molecule has 1 fully saturated rings. The fraction of sp³-hybridized carbons (Fsp3) is 0.588. The summed E-state index contributed by atoms with van der Waals surface area (Å²) in [6.45, 7) is 8.80. The number of rotatable bonds is 2. The van der Waals surface area contributed by atoms with Gasteiger partial charge in [-0.25, -0.2) is 0 Å². The lowest BCUT2D eigenvalue weighted by Crippen LogP contribution is -2.48. The number of aromatic nitrogens is 1. The summed E-state index contributed by atoms with van der Waals surface area (Å²) in [7, 11) is 0. The standard InChI is InChI=1S/C17H24N2O3/c1-16(2,3)12-6-7-13(18-10-12)14(20)19-9-5-8-17(4,11-19)15(21)22/h6-7,10H,5,8-9,11H2,1-4H3,(H,21,22). The lowest BCUT2D eigenvalue weighted by molar-refractivity contribution is -0.150. The fourth-order valence-electron chi connectivity index (χ4n) is 2.71. The van der Waals surface area contributed by atoms with Crippen LogP contribution >= 0.6 is 0 Å². The van der Waals surface area contributed by atoms with Crippen molar-refractivity contribution in [1.82, 2.24) is 9.88 Å². The van der Waals surface area contributed by atoms with Gasteiger partial charge in [0.2, 0.25) is 0 Å². The number of carbonyl (C=O) groups excluding carboxylic acids is 1. The van der Waals surface area contributed by atoms with Gasteiger partial charge in [-0.15, -0.1) is 0 Å². The molecule has 1 aromatic heterocycles. The summed E-state index contributed by atoms with van der Waals surface area (Å²) in [5.41, 5.74) is 0.571. The SMILES string of the molecule is CC1(C(=O)O)CCCN(C(=O)c2ccc(C(C)(C)C)cn2)C1. The highest BCUT2D eigenvalue weighted by molar-refractivity contribution is 5.93. The van der Waals surface area contributed by atoms with Gasteiger partial charge in [0.25, 0.3) is 5.91 Å². The first-order valence-electron chi connectivity index (χ1n) is 7.63. The van der Waals surface area contributed by atoms with E-state index in [-0.39, 0.29) is 17.9 Å². The molecule has 0 saturated carbocycles. The van der Waals surface area contributed by atoms with E-state index in [4.69, 9.17) is 0 Å². The van der Waals surface area contributed by atoms with Gasteiger partial charge in [0.1, 0.15) is 5.69 Å². The van der Waals surface area contributed by atoms with Crippen LogP contribution < -0.4 is 0 Å². The predicted molar refractivity (Wildman–Crippen MR) is 83.8 cm³/mol. The van der Waals surface area contributed by atoms with Crippen LogP contribution in [0.15, 0.2) is 18.3 Å². The van der Waals surface area contributed by atoms with E-state index in [1.165, 1.54) is 0 Å². The summed E-state index contributed by atoms with van der Waals surface area (Å²) in [4.78, 5) is 29.8. The monoisotopic (exact) mass is 304 g/mol. The first-order valence-corrected chi connectivity index (χ1v) is 7.63. The molecule has 1 amide bonds. The number of carboxylic acids is 1. The van der Waals surface area contributed by atoms with Crippen molar-refractivity contribution >= 4 is 11.9 Å². The molecule has 1 aromatic rings. The Morgan fingerprint density at radius 2 is 2.00 bits per heavy atom. The Balaban J connectivity index is 2.16. The number of carboxylic acid groups (broad SMARTS) is 1. The second kappa shape index (κ2) is 5.71. The van der Waals surface area contributed by atoms with Crippen LogP contribution in [0.5, 0.6) is 0 Å². The molecule has 0 aliphatic carbocycles. The van der Waals surface area contributed by atoms with Crippen LogP contribution in [0.25, 0.3) is 0 Å². The highest BCUT2D eigenvalue weighted by atomic mass is 16.4. The van der Waals surface area contributed by atoms with E-state index in [1.54, 1.807) is 24.1 Å². The van der Waals surface area contributed by atoms with E-state index in [2.05, 4.69) is 25.8 Å². The lowest BCUT2D eigenvalue weighted by Gasteiger charge is -2.37. The third-order valence-corrected chi connectivity index (χ3v) is 4.35. The summed E-state index contributed by atoms with van der Waals surface area (Å²) < 4.78 is 0. The van der Waals surface area contributed by atoms with Crippen LogP contribution in [-0.2, 0) is 10.2 Å². The largest absolute Gasteiger partial charge is 0.481 e. The van der Waals surface area contributed by atoms with Crippen molar-refractivity contribution in [2.45, 2.75) is 46.0 Å². The van der Waals surface area contributed by atoms with E-state index >= 15 is 0 Å². The molecule has 1 aliphatic rings. The van der Waals surface area contributed by atoms with Gasteiger partial charge in [-0.05, 0) is 36.8 Å². The Morgan fingerprint density at radius 3 is 2.50 bits per heavy atom. The molecule has 120 valence electrons. The van der Waals surface area contributed by atoms with Gasteiger partial charge in [-0.1, -0.05) is 26.8 Å². The van der Waals surface area contributed by atoms with Crippen molar-refractivity contribution in [2.24, 2.45) is 5.41 Å². The third kappa shape index (κ3) is 3.29. The average Bonchev–Trinajstić information content (AvgIpc) is 2.45. The maximum absolute atomic E-state index is 12.5.